The van der Waals surface area contributed by atoms with Gasteiger partial charge in [-0.1, -0.05) is 29.3 Å². The zero-order chi connectivity index (χ0) is 20.1. The van der Waals surface area contributed by atoms with Gasteiger partial charge in [-0.2, -0.15) is 0 Å². The quantitative estimate of drug-likeness (QED) is 0.793. The molecule has 0 bridgehead atoms. The second-order valence-corrected chi connectivity index (χ2v) is 7.20. The van der Waals surface area contributed by atoms with Gasteiger partial charge in [-0.25, -0.2) is 4.98 Å². The van der Waals surface area contributed by atoms with E-state index in [2.05, 4.69) is 15.6 Å². The summed E-state index contributed by atoms with van der Waals surface area (Å²) in [4.78, 5) is 30.5. The van der Waals surface area contributed by atoms with E-state index >= 15 is 0 Å². The van der Waals surface area contributed by atoms with Gasteiger partial charge < -0.3 is 10.6 Å². The minimum atomic E-state index is -0.506. The fourth-order valence-corrected chi connectivity index (χ4v) is 2.91. The number of halogens is 1. The second-order valence-electron chi connectivity index (χ2n) is 6.76. The van der Waals surface area contributed by atoms with Gasteiger partial charge in [-0.3, -0.25) is 14.5 Å². The Hall–Kier alpha value is -2.44. The lowest BCUT2D eigenvalue weighted by molar-refractivity contribution is -0.122. The predicted octanol–water partition coefficient (Wildman–Crippen LogP) is 3.56. The molecule has 2 aromatic rings. The van der Waals surface area contributed by atoms with Crippen LogP contribution in [0.25, 0.3) is 0 Å². The molecule has 1 heterocycles. The highest BCUT2D eigenvalue weighted by molar-refractivity contribution is 6.30. The van der Waals surface area contributed by atoms with Gasteiger partial charge in [0, 0.05) is 11.9 Å². The number of carbonyl (C=O) groups excluding carboxylic acids is 2. The molecule has 0 saturated heterocycles. The number of amides is 2. The summed E-state index contributed by atoms with van der Waals surface area (Å²) in [5.41, 5.74) is 4.01. The molecule has 0 radical (unpaired) electrons. The van der Waals surface area contributed by atoms with E-state index in [1.165, 1.54) is 6.20 Å². The molecule has 2 amide bonds. The molecule has 0 unspecified atom stereocenters. The number of hydrogen-bond donors (Lipinski definition) is 2. The number of carbonyl (C=O) groups is 2. The number of likely N-dealkylation sites (N-methyl/N-ethyl adjacent to an activating group) is 1. The first-order chi connectivity index (χ1) is 12.7. The normalized spacial score (nSPS) is 12.0. The standard InChI is InChI=1S/C20H25ClN4O2/c1-12-8-13(2)19(14(3)9-12)24-18(26)11-25(5)15(4)20(27)23-17-7-6-16(21)10-22-17/h6-10,15H,11H2,1-5H3,(H,24,26)(H,22,23,27)/t15-/m1/s1. The fourth-order valence-electron chi connectivity index (χ4n) is 2.80. The number of hydrogen-bond acceptors (Lipinski definition) is 4. The van der Waals surface area contributed by atoms with Crippen LogP contribution in [0.1, 0.15) is 23.6 Å². The Balaban J connectivity index is 1.95. The first kappa shape index (κ1) is 20.9. The van der Waals surface area contributed by atoms with Crippen LogP contribution in [0.2, 0.25) is 5.02 Å². The van der Waals surface area contributed by atoms with E-state index < -0.39 is 6.04 Å². The predicted molar refractivity (Wildman–Crippen MR) is 109 cm³/mol. The molecule has 27 heavy (non-hydrogen) atoms. The molecule has 144 valence electrons. The summed E-state index contributed by atoms with van der Waals surface area (Å²) in [5, 5.41) is 6.16. The minimum absolute atomic E-state index is 0.0926. The van der Waals surface area contributed by atoms with E-state index in [9.17, 15) is 9.59 Å². The van der Waals surface area contributed by atoms with Crippen LogP contribution in [-0.4, -0.2) is 41.3 Å². The van der Waals surface area contributed by atoms with Crippen LogP contribution < -0.4 is 10.6 Å². The molecule has 0 spiro atoms. The van der Waals surface area contributed by atoms with Crippen molar-refractivity contribution in [1.29, 1.82) is 0 Å². The maximum absolute atomic E-state index is 12.4. The van der Waals surface area contributed by atoms with Crippen molar-refractivity contribution in [3.05, 3.63) is 52.2 Å². The third-order valence-corrected chi connectivity index (χ3v) is 4.58. The summed E-state index contributed by atoms with van der Waals surface area (Å²) in [6.45, 7) is 7.79. The highest BCUT2D eigenvalue weighted by Crippen LogP contribution is 2.21. The van der Waals surface area contributed by atoms with Crippen molar-refractivity contribution in [1.82, 2.24) is 9.88 Å². The first-order valence-corrected chi connectivity index (χ1v) is 9.05. The molecule has 7 heteroatoms. The van der Waals surface area contributed by atoms with Crippen LogP contribution in [0.3, 0.4) is 0 Å². The van der Waals surface area contributed by atoms with Crippen LogP contribution in [0.5, 0.6) is 0 Å². The Morgan fingerprint density at radius 1 is 1.15 bits per heavy atom. The van der Waals surface area contributed by atoms with Crippen LogP contribution in [0.4, 0.5) is 11.5 Å². The number of nitrogens with zero attached hydrogens (tertiary/aromatic N) is 2. The van der Waals surface area contributed by atoms with E-state index in [0.29, 0.717) is 10.8 Å². The van der Waals surface area contributed by atoms with Gasteiger partial charge in [0.25, 0.3) is 0 Å². The summed E-state index contributed by atoms with van der Waals surface area (Å²) in [6, 6.07) is 6.83. The van der Waals surface area contributed by atoms with Gasteiger partial charge in [-0.05, 0) is 58.0 Å². The Labute approximate surface area is 164 Å². The molecular weight excluding hydrogens is 364 g/mol. The molecule has 0 aliphatic rings. The molecule has 1 atom stereocenters. The Bertz CT molecular complexity index is 813. The highest BCUT2D eigenvalue weighted by Gasteiger charge is 2.21. The van der Waals surface area contributed by atoms with Crippen molar-refractivity contribution >= 4 is 34.9 Å². The zero-order valence-corrected chi connectivity index (χ0v) is 17.0. The molecular formula is C20H25ClN4O2. The number of benzene rings is 1. The third kappa shape index (κ3) is 5.77. The zero-order valence-electron chi connectivity index (χ0n) is 16.3. The largest absolute Gasteiger partial charge is 0.324 e. The Morgan fingerprint density at radius 2 is 1.78 bits per heavy atom. The molecule has 2 rings (SSSR count). The highest BCUT2D eigenvalue weighted by atomic mass is 35.5. The van der Waals surface area contributed by atoms with Gasteiger partial charge in [0.15, 0.2) is 0 Å². The molecule has 0 aliphatic carbocycles. The number of aryl methyl sites for hydroxylation is 3. The summed E-state index contributed by atoms with van der Waals surface area (Å²) in [6.07, 6.45) is 1.46. The maximum atomic E-state index is 12.4. The summed E-state index contributed by atoms with van der Waals surface area (Å²) < 4.78 is 0. The molecule has 0 fully saturated rings. The van der Waals surface area contributed by atoms with Crippen molar-refractivity contribution in [3.8, 4) is 0 Å². The van der Waals surface area contributed by atoms with E-state index in [-0.39, 0.29) is 18.4 Å². The monoisotopic (exact) mass is 388 g/mol. The Morgan fingerprint density at radius 3 is 2.33 bits per heavy atom. The fraction of sp³-hybridized carbons (Fsp3) is 0.350. The number of nitrogens with one attached hydrogen (secondary N) is 2. The van der Waals surface area contributed by atoms with Crippen molar-refractivity contribution < 1.29 is 9.59 Å². The van der Waals surface area contributed by atoms with Crippen molar-refractivity contribution in [2.24, 2.45) is 0 Å². The molecule has 0 aliphatic heterocycles. The average molecular weight is 389 g/mol. The number of rotatable bonds is 6. The van der Waals surface area contributed by atoms with Gasteiger partial charge in [-0.15, -0.1) is 0 Å². The van der Waals surface area contributed by atoms with Crippen molar-refractivity contribution in [2.75, 3.05) is 24.2 Å². The Kier molecular flexibility index (Phi) is 6.93. The van der Waals surface area contributed by atoms with E-state index in [4.69, 9.17) is 11.6 Å². The van der Waals surface area contributed by atoms with Gasteiger partial charge in [0.2, 0.25) is 11.8 Å². The van der Waals surface area contributed by atoms with Crippen LogP contribution in [-0.2, 0) is 9.59 Å². The number of anilines is 2. The van der Waals surface area contributed by atoms with Gasteiger partial charge in [0.05, 0.1) is 17.6 Å². The summed E-state index contributed by atoms with van der Waals surface area (Å²) in [5.74, 6) is -0.000327. The minimum Gasteiger partial charge on any atom is -0.324 e. The third-order valence-electron chi connectivity index (χ3n) is 4.35. The van der Waals surface area contributed by atoms with Crippen molar-refractivity contribution in [2.45, 2.75) is 33.7 Å². The second kappa shape index (κ2) is 8.97. The average Bonchev–Trinajstić information content (AvgIpc) is 2.59. The maximum Gasteiger partial charge on any atom is 0.242 e. The van der Waals surface area contributed by atoms with E-state index in [1.54, 1.807) is 31.0 Å². The number of pyridine rings is 1. The number of aromatic nitrogens is 1. The lowest BCUT2D eigenvalue weighted by Crippen LogP contribution is -2.43. The van der Waals surface area contributed by atoms with Crippen LogP contribution >= 0.6 is 11.6 Å². The first-order valence-electron chi connectivity index (χ1n) is 8.67. The van der Waals surface area contributed by atoms with Gasteiger partial charge in [0.1, 0.15) is 5.82 Å². The lowest BCUT2D eigenvalue weighted by atomic mass is 10.1. The smallest absolute Gasteiger partial charge is 0.242 e. The van der Waals surface area contributed by atoms with E-state index in [1.807, 2.05) is 32.9 Å². The molecule has 0 saturated carbocycles. The lowest BCUT2D eigenvalue weighted by Gasteiger charge is -2.23. The topological polar surface area (TPSA) is 74.3 Å². The van der Waals surface area contributed by atoms with Gasteiger partial charge >= 0.3 is 0 Å². The summed E-state index contributed by atoms with van der Waals surface area (Å²) in [7, 11) is 1.73. The van der Waals surface area contributed by atoms with Crippen LogP contribution in [0, 0.1) is 20.8 Å². The molecule has 2 N–H and O–H groups in total. The van der Waals surface area contributed by atoms with Crippen molar-refractivity contribution in [3.63, 3.8) is 0 Å². The molecule has 1 aromatic carbocycles. The molecule has 6 nitrogen and oxygen atoms in total. The SMILES string of the molecule is Cc1cc(C)c(NC(=O)CN(C)[C@H](C)C(=O)Nc2ccc(Cl)cn2)c(C)c1. The molecule has 1 aromatic heterocycles. The van der Waals surface area contributed by atoms with E-state index in [0.717, 1.165) is 22.4 Å². The van der Waals surface area contributed by atoms with Crippen LogP contribution in [0.15, 0.2) is 30.5 Å². The summed E-state index contributed by atoms with van der Waals surface area (Å²) >= 11 is 5.79.